The fourth-order valence-electron chi connectivity index (χ4n) is 11.5. The number of aliphatic hydroxyl groups excluding tert-OH is 1. The lowest BCUT2D eigenvalue weighted by Crippen LogP contribution is -2.66. The Morgan fingerprint density at radius 2 is 1.53 bits per heavy atom. The van der Waals surface area contributed by atoms with Gasteiger partial charge in [0.25, 0.3) is 0 Å². The highest BCUT2D eigenvalue weighted by molar-refractivity contribution is 5.23. The minimum absolute atomic E-state index is 0.0488. The molecule has 0 aromatic carbocycles. The Labute approximate surface area is 198 Å². The normalized spacial score (nSPS) is 56.3. The molecule has 5 aliphatic rings. The summed E-state index contributed by atoms with van der Waals surface area (Å²) in [7, 11) is 0. The lowest BCUT2D eigenvalue weighted by atomic mass is 9.32. The molecule has 0 radical (unpaired) electrons. The zero-order valence-electron chi connectivity index (χ0n) is 22.0. The number of hydrogen-bond donors (Lipinski definition) is 1. The van der Waals surface area contributed by atoms with E-state index in [4.69, 9.17) is 0 Å². The highest BCUT2D eigenvalue weighted by atomic mass is 16.3. The summed E-state index contributed by atoms with van der Waals surface area (Å²) in [6.45, 7) is 24.0. The van der Waals surface area contributed by atoms with Crippen LogP contribution in [0.25, 0.3) is 0 Å². The Morgan fingerprint density at radius 3 is 2.19 bits per heavy atom. The third-order valence-electron chi connectivity index (χ3n) is 13.5. The van der Waals surface area contributed by atoms with Crippen molar-refractivity contribution in [1.82, 2.24) is 0 Å². The lowest BCUT2D eigenvalue weighted by Gasteiger charge is -2.73. The Morgan fingerprint density at radius 1 is 0.812 bits per heavy atom. The molecule has 0 heterocycles. The molecule has 5 aliphatic carbocycles. The zero-order chi connectivity index (χ0) is 23.3. The van der Waals surface area contributed by atoms with Gasteiger partial charge in [0.15, 0.2) is 0 Å². The first-order valence-electron chi connectivity index (χ1n) is 13.8. The van der Waals surface area contributed by atoms with Gasteiger partial charge in [-0.1, -0.05) is 52.8 Å². The molecule has 5 rings (SSSR count). The molecule has 5 fully saturated rings. The summed E-state index contributed by atoms with van der Waals surface area (Å²) in [6.07, 6.45) is 15.3. The van der Waals surface area contributed by atoms with E-state index in [2.05, 4.69) is 60.8 Å². The fraction of sp³-hybridized carbons (Fsp3) is 0.871. The number of allylic oxidation sites excluding steroid dienone is 2. The predicted octanol–water partition coefficient (Wildman–Crippen LogP) is 8.19. The van der Waals surface area contributed by atoms with Crippen LogP contribution in [0.2, 0.25) is 0 Å². The monoisotopic (exact) mass is 438 g/mol. The maximum atomic E-state index is 10.9. The zero-order valence-corrected chi connectivity index (χ0v) is 22.0. The molecule has 0 bridgehead atoms. The molecule has 5 saturated carbocycles. The summed E-state index contributed by atoms with van der Waals surface area (Å²) >= 11 is 0. The van der Waals surface area contributed by atoms with Crippen LogP contribution in [0.15, 0.2) is 24.8 Å². The maximum Gasteiger partial charge on any atom is 0.0594 e. The number of hydrogen-bond acceptors (Lipinski definition) is 1. The molecule has 0 aromatic rings. The average Bonchev–Trinajstić information content (AvgIpc) is 3.12. The van der Waals surface area contributed by atoms with Gasteiger partial charge in [-0.2, -0.15) is 0 Å². The first-order chi connectivity index (χ1) is 14.9. The van der Waals surface area contributed by atoms with Crippen LogP contribution in [0.1, 0.15) is 106 Å². The minimum atomic E-state index is -0.130. The van der Waals surface area contributed by atoms with Crippen LogP contribution >= 0.6 is 0 Å². The molecule has 32 heavy (non-hydrogen) atoms. The molecule has 1 nitrogen and oxygen atoms in total. The summed E-state index contributed by atoms with van der Waals surface area (Å²) in [5, 5.41) is 10.9. The van der Waals surface area contributed by atoms with Crippen LogP contribution in [0.5, 0.6) is 0 Å². The molecular weight excluding hydrogens is 388 g/mol. The molecular formula is C31H50O. The average molecular weight is 439 g/mol. The Balaban J connectivity index is 1.56. The van der Waals surface area contributed by atoms with Crippen molar-refractivity contribution in [3.05, 3.63) is 24.8 Å². The van der Waals surface area contributed by atoms with Crippen LogP contribution in [-0.2, 0) is 0 Å². The van der Waals surface area contributed by atoms with Gasteiger partial charge in [0, 0.05) is 0 Å². The van der Waals surface area contributed by atoms with Gasteiger partial charge in [-0.05, 0) is 128 Å². The molecule has 1 heteroatoms. The van der Waals surface area contributed by atoms with Crippen LogP contribution in [-0.4, -0.2) is 11.2 Å². The van der Waals surface area contributed by atoms with E-state index in [1.54, 1.807) is 0 Å². The van der Waals surface area contributed by atoms with Gasteiger partial charge >= 0.3 is 0 Å². The fourth-order valence-corrected chi connectivity index (χ4v) is 11.5. The molecule has 180 valence electrons. The van der Waals surface area contributed by atoms with E-state index in [0.29, 0.717) is 33.5 Å². The first-order valence-corrected chi connectivity index (χ1v) is 13.8. The van der Waals surface area contributed by atoms with E-state index in [1.807, 2.05) is 0 Å². The smallest absolute Gasteiger partial charge is 0.0594 e. The minimum Gasteiger partial charge on any atom is -0.393 e. The Bertz CT molecular complexity index is 809. The van der Waals surface area contributed by atoms with Crippen molar-refractivity contribution in [2.24, 2.45) is 56.7 Å². The van der Waals surface area contributed by atoms with Gasteiger partial charge in [0.05, 0.1) is 6.10 Å². The quantitative estimate of drug-likeness (QED) is 0.431. The number of rotatable bonds is 2. The largest absolute Gasteiger partial charge is 0.393 e. The second-order valence-electron chi connectivity index (χ2n) is 14.5. The van der Waals surface area contributed by atoms with Crippen LogP contribution in [0.4, 0.5) is 0 Å². The van der Waals surface area contributed by atoms with Crippen molar-refractivity contribution in [1.29, 1.82) is 0 Å². The maximum absolute atomic E-state index is 10.9. The van der Waals surface area contributed by atoms with E-state index < -0.39 is 0 Å². The topological polar surface area (TPSA) is 20.2 Å². The van der Waals surface area contributed by atoms with Gasteiger partial charge in [-0.15, -0.1) is 6.58 Å². The van der Waals surface area contributed by atoms with Crippen molar-refractivity contribution in [2.75, 3.05) is 0 Å². The molecule has 10 atom stereocenters. The SMILES string of the molecule is C=C[C@]12CCC(C(=C)C)C1C1CCC3[C@@]4(C)CCC(O)C(C)(C)C4CC[C@@]3(C)[C@]1(C)CC2. The van der Waals surface area contributed by atoms with Gasteiger partial charge < -0.3 is 5.11 Å². The van der Waals surface area contributed by atoms with Gasteiger partial charge in [-0.3, -0.25) is 0 Å². The number of fused-ring (bicyclic) bond motifs is 7. The molecule has 1 N–H and O–H groups in total. The highest BCUT2D eigenvalue weighted by Gasteiger charge is 2.70. The predicted molar refractivity (Wildman–Crippen MR) is 135 cm³/mol. The van der Waals surface area contributed by atoms with E-state index in [9.17, 15) is 5.11 Å². The standard InChI is InChI=1S/C31H50O/c1-9-31-17-12-21(20(2)3)26(31)22-10-11-24-28(6)15-14-25(32)27(4,5)23(28)13-16-30(24,8)29(22,7)18-19-31/h9,21-26,32H,1-2,10-19H2,3-8H3/t21?,22?,23?,24?,25?,26?,28-,29+,30+,31+/m0/s1. The lowest BCUT2D eigenvalue weighted by molar-refractivity contribution is -0.244. The van der Waals surface area contributed by atoms with Gasteiger partial charge in [-0.25, -0.2) is 0 Å². The van der Waals surface area contributed by atoms with E-state index in [-0.39, 0.29) is 11.5 Å². The summed E-state index contributed by atoms with van der Waals surface area (Å²) in [4.78, 5) is 0. The second kappa shape index (κ2) is 6.99. The highest BCUT2D eigenvalue weighted by Crippen LogP contribution is 2.77. The molecule has 0 saturated heterocycles. The van der Waals surface area contributed by atoms with Crippen LogP contribution in [0.3, 0.4) is 0 Å². The summed E-state index contributed by atoms with van der Waals surface area (Å²) in [6, 6.07) is 0. The summed E-state index contributed by atoms with van der Waals surface area (Å²) in [5.41, 5.74) is 3.03. The van der Waals surface area contributed by atoms with Crippen molar-refractivity contribution in [3.63, 3.8) is 0 Å². The molecule has 0 amide bonds. The van der Waals surface area contributed by atoms with Crippen molar-refractivity contribution >= 4 is 0 Å². The number of aliphatic hydroxyl groups is 1. The Hall–Kier alpha value is -0.560. The van der Waals surface area contributed by atoms with Crippen molar-refractivity contribution in [3.8, 4) is 0 Å². The third-order valence-corrected chi connectivity index (χ3v) is 13.5. The van der Waals surface area contributed by atoms with Gasteiger partial charge in [0.1, 0.15) is 0 Å². The third kappa shape index (κ3) is 2.61. The van der Waals surface area contributed by atoms with Crippen LogP contribution < -0.4 is 0 Å². The van der Waals surface area contributed by atoms with E-state index in [1.165, 1.54) is 63.4 Å². The molecule has 0 aromatic heterocycles. The second-order valence-corrected chi connectivity index (χ2v) is 14.5. The first kappa shape index (κ1) is 23.2. The summed E-state index contributed by atoms with van der Waals surface area (Å²) in [5.74, 6) is 3.70. The van der Waals surface area contributed by atoms with Crippen LogP contribution in [0, 0.1) is 56.7 Å². The van der Waals surface area contributed by atoms with Gasteiger partial charge in [0.2, 0.25) is 0 Å². The summed E-state index contributed by atoms with van der Waals surface area (Å²) < 4.78 is 0. The Kier molecular flexibility index (Phi) is 5.07. The van der Waals surface area contributed by atoms with Crippen molar-refractivity contribution in [2.45, 2.75) is 112 Å². The van der Waals surface area contributed by atoms with E-state index in [0.717, 1.165) is 24.2 Å². The molecule has 6 unspecified atom stereocenters. The van der Waals surface area contributed by atoms with Crippen molar-refractivity contribution < 1.29 is 5.11 Å². The molecule has 0 spiro atoms. The van der Waals surface area contributed by atoms with E-state index >= 15 is 0 Å². The molecule has 0 aliphatic heterocycles.